The number of aliphatic hydroxyl groups excluding tert-OH is 1. The highest BCUT2D eigenvalue weighted by molar-refractivity contribution is 5.22. The molecule has 2 rings (SSSR count). The van der Waals surface area contributed by atoms with Crippen LogP contribution in [0.1, 0.15) is 43.2 Å². The summed E-state index contributed by atoms with van der Waals surface area (Å²) in [6.45, 7) is 5.82. The monoisotopic (exact) mass is 276 g/mol. The highest BCUT2D eigenvalue weighted by atomic mass is 16.2. The number of unbranched alkanes of at least 4 members (excludes halogenated alkanes) is 1. The molecule has 0 spiro atoms. The minimum Gasteiger partial charge on any atom is -0.396 e. The normalized spacial score (nSPS) is 16.4. The van der Waals surface area contributed by atoms with E-state index < -0.39 is 0 Å². The lowest BCUT2D eigenvalue weighted by atomic mass is 10.1. The lowest BCUT2D eigenvalue weighted by molar-refractivity contribution is 0.221. The first kappa shape index (κ1) is 15.5. The van der Waals surface area contributed by atoms with Gasteiger partial charge in [-0.2, -0.15) is 0 Å². The summed E-state index contributed by atoms with van der Waals surface area (Å²) < 4.78 is 0. The standard InChI is InChI=1S/C17H28N2O/c20-13-5-2-10-18-14-16-6-8-17(9-7-16)15-19-11-3-1-4-12-19/h6-9,18,20H,1-5,10-15H2. The maximum absolute atomic E-state index is 8.72. The molecule has 1 aromatic rings. The smallest absolute Gasteiger partial charge is 0.0431 e. The average molecular weight is 276 g/mol. The first-order valence-electron chi connectivity index (χ1n) is 8.00. The van der Waals surface area contributed by atoms with E-state index in [-0.39, 0.29) is 0 Å². The van der Waals surface area contributed by atoms with Crippen LogP contribution < -0.4 is 5.32 Å². The summed E-state index contributed by atoms with van der Waals surface area (Å²) in [4.78, 5) is 2.56. The maximum Gasteiger partial charge on any atom is 0.0431 e. The Hall–Kier alpha value is -0.900. The molecule has 20 heavy (non-hydrogen) atoms. The Morgan fingerprint density at radius 3 is 2.35 bits per heavy atom. The minimum absolute atomic E-state index is 0.298. The largest absolute Gasteiger partial charge is 0.396 e. The van der Waals surface area contributed by atoms with E-state index >= 15 is 0 Å². The van der Waals surface area contributed by atoms with Crippen molar-refractivity contribution in [1.82, 2.24) is 10.2 Å². The molecule has 0 unspecified atom stereocenters. The number of likely N-dealkylation sites (tertiary alicyclic amines) is 1. The minimum atomic E-state index is 0.298. The number of benzene rings is 1. The van der Waals surface area contributed by atoms with Gasteiger partial charge in [-0.25, -0.2) is 0 Å². The van der Waals surface area contributed by atoms with Crippen LogP contribution in [0.5, 0.6) is 0 Å². The van der Waals surface area contributed by atoms with E-state index in [2.05, 4.69) is 34.5 Å². The molecular formula is C17H28N2O. The van der Waals surface area contributed by atoms with Gasteiger partial charge < -0.3 is 10.4 Å². The number of piperidine rings is 1. The number of hydrogen-bond acceptors (Lipinski definition) is 3. The Bertz CT molecular complexity index is 358. The number of aliphatic hydroxyl groups is 1. The Morgan fingerprint density at radius 2 is 1.65 bits per heavy atom. The zero-order valence-electron chi connectivity index (χ0n) is 12.5. The molecule has 3 heteroatoms. The molecule has 0 bridgehead atoms. The Labute approximate surface area is 123 Å². The molecular weight excluding hydrogens is 248 g/mol. The van der Waals surface area contributed by atoms with Crippen molar-refractivity contribution in [2.45, 2.75) is 45.2 Å². The number of rotatable bonds is 8. The Kier molecular flexibility index (Phi) is 7.06. The molecule has 0 aliphatic carbocycles. The summed E-state index contributed by atoms with van der Waals surface area (Å²) in [5.41, 5.74) is 2.77. The predicted octanol–water partition coefficient (Wildman–Crippen LogP) is 2.53. The van der Waals surface area contributed by atoms with Gasteiger partial charge >= 0.3 is 0 Å². The first-order valence-corrected chi connectivity index (χ1v) is 8.00. The van der Waals surface area contributed by atoms with Gasteiger partial charge in [-0.15, -0.1) is 0 Å². The third-order valence-corrected chi connectivity index (χ3v) is 3.97. The first-order chi connectivity index (χ1) is 9.88. The third kappa shape index (κ3) is 5.61. The molecule has 1 aliphatic heterocycles. The van der Waals surface area contributed by atoms with Gasteiger partial charge in [0.15, 0.2) is 0 Å². The van der Waals surface area contributed by atoms with Crippen molar-refractivity contribution in [3.63, 3.8) is 0 Å². The van der Waals surface area contributed by atoms with Crippen LogP contribution in [-0.4, -0.2) is 36.2 Å². The van der Waals surface area contributed by atoms with E-state index in [1.807, 2.05) is 0 Å². The molecule has 1 aliphatic rings. The molecule has 1 aromatic carbocycles. The van der Waals surface area contributed by atoms with E-state index in [4.69, 9.17) is 5.11 Å². The van der Waals surface area contributed by atoms with Gasteiger partial charge in [0.25, 0.3) is 0 Å². The highest BCUT2D eigenvalue weighted by Crippen LogP contribution is 2.13. The zero-order chi connectivity index (χ0) is 14.0. The van der Waals surface area contributed by atoms with Gasteiger partial charge in [0.2, 0.25) is 0 Å². The molecule has 2 N–H and O–H groups in total. The fraction of sp³-hybridized carbons (Fsp3) is 0.647. The van der Waals surface area contributed by atoms with Gasteiger partial charge in [0, 0.05) is 19.7 Å². The predicted molar refractivity (Wildman–Crippen MR) is 83.6 cm³/mol. The Balaban J connectivity index is 1.69. The number of nitrogens with one attached hydrogen (secondary N) is 1. The van der Waals surface area contributed by atoms with E-state index in [0.29, 0.717) is 6.61 Å². The van der Waals surface area contributed by atoms with Crippen LogP contribution in [0.15, 0.2) is 24.3 Å². The van der Waals surface area contributed by atoms with Crippen molar-refractivity contribution in [3.8, 4) is 0 Å². The molecule has 1 fully saturated rings. The zero-order valence-corrected chi connectivity index (χ0v) is 12.5. The second-order valence-corrected chi connectivity index (χ2v) is 5.76. The molecule has 1 heterocycles. The van der Waals surface area contributed by atoms with Crippen LogP contribution in [0.3, 0.4) is 0 Å². The van der Waals surface area contributed by atoms with Crippen LogP contribution in [-0.2, 0) is 13.1 Å². The van der Waals surface area contributed by atoms with Crippen molar-refractivity contribution >= 4 is 0 Å². The van der Waals surface area contributed by atoms with Crippen LogP contribution >= 0.6 is 0 Å². The second kappa shape index (κ2) is 9.11. The van der Waals surface area contributed by atoms with Crippen molar-refractivity contribution in [2.75, 3.05) is 26.2 Å². The fourth-order valence-electron chi connectivity index (χ4n) is 2.73. The lowest BCUT2D eigenvalue weighted by Crippen LogP contribution is -2.29. The second-order valence-electron chi connectivity index (χ2n) is 5.76. The van der Waals surface area contributed by atoms with Crippen LogP contribution in [0.2, 0.25) is 0 Å². The number of nitrogens with zero attached hydrogens (tertiary/aromatic N) is 1. The average Bonchev–Trinajstić information content (AvgIpc) is 2.50. The van der Waals surface area contributed by atoms with Gasteiger partial charge in [0.1, 0.15) is 0 Å². The summed E-state index contributed by atoms with van der Waals surface area (Å²) >= 11 is 0. The van der Waals surface area contributed by atoms with Crippen molar-refractivity contribution in [3.05, 3.63) is 35.4 Å². The SMILES string of the molecule is OCCCCNCc1ccc(CN2CCCCC2)cc1. The molecule has 0 aromatic heterocycles. The molecule has 3 nitrogen and oxygen atoms in total. The fourth-order valence-corrected chi connectivity index (χ4v) is 2.73. The molecule has 1 saturated heterocycles. The summed E-state index contributed by atoms with van der Waals surface area (Å²) in [5.74, 6) is 0. The quantitative estimate of drug-likeness (QED) is 0.716. The van der Waals surface area contributed by atoms with Crippen molar-refractivity contribution in [1.29, 1.82) is 0 Å². The Morgan fingerprint density at radius 1 is 0.950 bits per heavy atom. The summed E-state index contributed by atoms with van der Waals surface area (Å²) in [6, 6.07) is 9.00. The molecule has 0 amide bonds. The maximum atomic E-state index is 8.72. The van der Waals surface area contributed by atoms with Gasteiger partial charge in [0.05, 0.1) is 0 Å². The van der Waals surface area contributed by atoms with Crippen LogP contribution in [0, 0.1) is 0 Å². The molecule has 0 saturated carbocycles. The van der Waals surface area contributed by atoms with Crippen molar-refractivity contribution in [2.24, 2.45) is 0 Å². The summed E-state index contributed by atoms with van der Waals surface area (Å²) in [6.07, 6.45) is 6.05. The van der Waals surface area contributed by atoms with E-state index in [1.54, 1.807) is 0 Å². The molecule has 0 radical (unpaired) electrons. The highest BCUT2D eigenvalue weighted by Gasteiger charge is 2.09. The topological polar surface area (TPSA) is 35.5 Å². The van der Waals surface area contributed by atoms with Crippen LogP contribution in [0.25, 0.3) is 0 Å². The van der Waals surface area contributed by atoms with E-state index in [1.165, 1.54) is 43.5 Å². The van der Waals surface area contributed by atoms with Gasteiger partial charge in [-0.1, -0.05) is 30.7 Å². The molecule has 112 valence electrons. The van der Waals surface area contributed by atoms with E-state index in [9.17, 15) is 0 Å². The van der Waals surface area contributed by atoms with Gasteiger partial charge in [-0.3, -0.25) is 4.90 Å². The van der Waals surface area contributed by atoms with E-state index in [0.717, 1.165) is 32.5 Å². The van der Waals surface area contributed by atoms with Crippen LogP contribution in [0.4, 0.5) is 0 Å². The molecule has 0 atom stereocenters. The summed E-state index contributed by atoms with van der Waals surface area (Å²) in [7, 11) is 0. The lowest BCUT2D eigenvalue weighted by Gasteiger charge is -2.26. The number of hydrogen-bond donors (Lipinski definition) is 2. The summed E-state index contributed by atoms with van der Waals surface area (Å²) in [5, 5.41) is 12.1. The van der Waals surface area contributed by atoms with Gasteiger partial charge in [-0.05, 0) is 56.4 Å². The van der Waals surface area contributed by atoms with Crippen molar-refractivity contribution < 1.29 is 5.11 Å². The third-order valence-electron chi connectivity index (χ3n) is 3.97.